The normalized spacial score (nSPS) is 26.9. The minimum atomic E-state index is -0.309. The van der Waals surface area contributed by atoms with Gasteiger partial charge >= 0.3 is 0 Å². The summed E-state index contributed by atoms with van der Waals surface area (Å²) in [5.74, 6) is 0.348. The summed E-state index contributed by atoms with van der Waals surface area (Å²) in [6.45, 7) is 12.9. The second-order valence-electron chi connectivity index (χ2n) is 11.9. The van der Waals surface area contributed by atoms with E-state index >= 15 is 0 Å². The van der Waals surface area contributed by atoms with Crippen molar-refractivity contribution in [3.05, 3.63) is 47.3 Å². The van der Waals surface area contributed by atoms with E-state index in [1.807, 2.05) is 13.0 Å². The van der Waals surface area contributed by atoms with Crippen LogP contribution in [0.15, 0.2) is 30.3 Å². The molecule has 2 saturated heterocycles. The first-order valence-electron chi connectivity index (χ1n) is 15.0. The van der Waals surface area contributed by atoms with Crippen LogP contribution in [0.25, 0.3) is 0 Å². The molecule has 3 aliphatic heterocycles. The van der Waals surface area contributed by atoms with Gasteiger partial charge in [-0.25, -0.2) is 4.39 Å². The van der Waals surface area contributed by atoms with Gasteiger partial charge in [0.15, 0.2) is 0 Å². The number of pyridine rings is 1. The maximum Gasteiger partial charge on any atom is 0.241 e. The smallest absolute Gasteiger partial charge is 0.241 e. The van der Waals surface area contributed by atoms with Gasteiger partial charge in [-0.3, -0.25) is 14.6 Å². The lowest BCUT2D eigenvalue weighted by atomic mass is 10.0. The monoisotopic (exact) mass is 585 g/mol. The number of piperazine rings is 1. The van der Waals surface area contributed by atoms with Gasteiger partial charge in [0, 0.05) is 55.8 Å². The Balaban J connectivity index is 1.39. The van der Waals surface area contributed by atoms with E-state index in [9.17, 15) is 14.3 Å². The predicted molar refractivity (Wildman–Crippen MR) is 158 cm³/mol. The molecule has 1 amide bonds. The quantitative estimate of drug-likeness (QED) is 0.458. The van der Waals surface area contributed by atoms with Crippen LogP contribution in [0.2, 0.25) is 0 Å². The van der Waals surface area contributed by atoms with Gasteiger partial charge in [0.05, 0.1) is 32.4 Å². The average Bonchev–Trinajstić information content (AvgIpc) is 2.96. The van der Waals surface area contributed by atoms with Crippen LogP contribution >= 0.6 is 0 Å². The van der Waals surface area contributed by atoms with E-state index in [0.29, 0.717) is 42.6 Å². The van der Waals surface area contributed by atoms with Gasteiger partial charge in [0.1, 0.15) is 24.7 Å². The van der Waals surface area contributed by atoms with Gasteiger partial charge < -0.3 is 29.5 Å². The molecule has 0 radical (unpaired) electrons. The number of hydrogen-bond donors (Lipinski definition) is 2. The summed E-state index contributed by atoms with van der Waals surface area (Å²) in [6, 6.07) is 9.08. The zero-order chi connectivity index (χ0) is 29.8. The van der Waals surface area contributed by atoms with Gasteiger partial charge in [-0.1, -0.05) is 12.1 Å². The Hall–Kier alpha value is -2.83. The van der Waals surface area contributed by atoms with Crippen molar-refractivity contribution < 1.29 is 28.5 Å². The number of morpholine rings is 1. The Kier molecular flexibility index (Phi) is 9.95. The molecule has 11 heteroatoms. The first-order chi connectivity index (χ1) is 20.2. The fourth-order valence-corrected chi connectivity index (χ4v) is 6.19. The van der Waals surface area contributed by atoms with Crippen molar-refractivity contribution >= 4 is 11.6 Å². The van der Waals surface area contributed by atoms with E-state index in [0.717, 1.165) is 44.0 Å². The van der Waals surface area contributed by atoms with Crippen molar-refractivity contribution in [2.75, 3.05) is 64.1 Å². The van der Waals surface area contributed by atoms with E-state index in [1.165, 1.54) is 12.1 Å². The average molecular weight is 586 g/mol. The van der Waals surface area contributed by atoms with Crippen molar-refractivity contribution in [3.63, 3.8) is 0 Å². The second-order valence-corrected chi connectivity index (χ2v) is 11.9. The van der Waals surface area contributed by atoms with Crippen LogP contribution in [-0.2, 0) is 16.0 Å². The third kappa shape index (κ3) is 7.03. The van der Waals surface area contributed by atoms with Crippen molar-refractivity contribution in [2.45, 2.75) is 64.3 Å². The number of fused-ring (bicyclic) bond motifs is 1. The fraction of sp³-hybridized carbons (Fsp3) is 0.613. The Morgan fingerprint density at radius 2 is 1.86 bits per heavy atom. The highest BCUT2D eigenvalue weighted by molar-refractivity contribution is 5.97. The number of halogens is 1. The van der Waals surface area contributed by atoms with Crippen LogP contribution in [0.4, 0.5) is 10.1 Å². The number of amides is 1. The molecule has 2 fully saturated rings. The molecular formula is C31H44FN5O5. The molecule has 230 valence electrons. The van der Waals surface area contributed by atoms with Gasteiger partial charge in [-0.15, -0.1) is 0 Å². The lowest BCUT2D eigenvalue weighted by Gasteiger charge is -2.46. The third-order valence-electron chi connectivity index (χ3n) is 8.41. The highest BCUT2D eigenvalue weighted by atomic mass is 19.1. The lowest BCUT2D eigenvalue weighted by Crippen LogP contribution is -2.63. The number of nitrogens with zero attached hydrogens (tertiary/aromatic N) is 4. The molecule has 0 spiro atoms. The van der Waals surface area contributed by atoms with E-state index in [-0.39, 0.29) is 49.6 Å². The summed E-state index contributed by atoms with van der Waals surface area (Å²) in [5.41, 5.74) is 2.20. The zero-order valence-electron chi connectivity index (χ0n) is 25.1. The van der Waals surface area contributed by atoms with Gasteiger partial charge in [-0.05, 0) is 51.5 Å². The molecule has 3 aliphatic rings. The van der Waals surface area contributed by atoms with E-state index < -0.39 is 0 Å². The third-order valence-corrected chi connectivity index (χ3v) is 8.41. The van der Waals surface area contributed by atoms with E-state index in [2.05, 4.69) is 40.9 Å². The molecule has 0 bridgehead atoms. The first kappa shape index (κ1) is 30.6. The number of aliphatic hydroxyl groups excluding tert-OH is 1. The first-order valence-corrected chi connectivity index (χ1v) is 15.0. The number of carbonyl (C=O) groups excluding carboxylic acids is 1. The van der Waals surface area contributed by atoms with Crippen LogP contribution in [0.5, 0.6) is 11.8 Å². The molecule has 1 aromatic carbocycles. The number of aromatic nitrogens is 1. The standard InChI is InChI=1S/C31H44FN5O5/c1-20-14-35(27(13-33-20)15-36-21(2)17-40-18-22(36)3)16-29(39)37-23(4)19-42-31-28(37)12-25(30(34-31)41-10-9-38)11-24-5-7-26(32)8-6-24/h5-8,12,20-23,27,33,38H,9-11,13-19H2,1-4H3/t20-,21-,22-,23+,27-/m1/s1. The minimum absolute atomic E-state index is 0.00668. The maximum absolute atomic E-state index is 14.1. The molecule has 4 heterocycles. The van der Waals surface area contributed by atoms with Gasteiger partial charge in [0.2, 0.25) is 17.7 Å². The number of benzene rings is 1. The van der Waals surface area contributed by atoms with Crippen molar-refractivity contribution in [1.29, 1.82) is 0 Å². The maximum atomic E-state index is 14.1. The number of rotatable bonds is 9. The van der Waals surface area contributed by atoms with Gasteiger partial charge in [0.25, 0.3) is 0 Å². The van der Waals surface area contributed by atoms with E-state index in [4.69, 9.17) is 14.2 Å². The van der Waals surface area contributed by atoms with Crippen molar-refractivity contribution in [2.24, 2.45) is 0 Å². The predicted octanol–water partition coefficient (Wildman–Crippen LogP) is 2.07. The molecule has 0 saturated carbocycles. The molecule has 2 aromatic rings. The summed E-state index contributed by atoms with van der Waals surface area (Å²) in [6.07, 6.45) is 0.422. The van der Waals surface area contributed by atoms with Gasteiger partial charge in [-0.2, -0.15) is 4.98 Å². The van der Waals surface area contributed by atoms with Crippen LogP contribution < -0.4 is 19.7 Å². The number of hydrogen-bond acceptors (Lipinski definition) is 9. The Morgan fingerprint density at radius 3 is 2.57 bits per heavy atom. The van der Waals surface area contributed by atoms with Crippen LogP contribution in [-0.4, -0.2) is 115 Å². The SMILES string of the molecule is C[C@@H]1CN(CC(=O)N2c3cc(Cc4ccc(F)cc4)c(OCCO)nc3OC[C@@H]2C)[C@@H](CN2[C@H](C)COC[C@H]2C)CN1. The Bertz CT molecular complexity index is 1210. The number of nitrogens with one attached hydrogen (secondary N) is 1. The summed E-state index contributed by atoms with van der Waals surface area (Å²) in [4.78, 5) is 25.4. The highest BCUT2D eigenvalue weighted by Gasteiger charge is 2.37. The molecule has 42 heavy (non-hydrogen) atoms. The molecular weight excluding hydrogens is 541 g/mol. The van der Waals surface area contributed by atoms with E-state index in [1.54, 1.807) is 17.0 Å². The minimum Gasteiger partial charge on any atom is -0.475 e. The van der Waals surface area contributed by atoms with Crippen molar-refractivity contribution in [3.8, 4) is 11.8 Å². The number of anilines is 1. The fourth-order valence-electron chi connectivity index (χ4n) is 6.19. The summed E-state index contributed by atoms with van der Waals surface area (Å²) >= 11 is 0. The highest BCUT2D eigenvalue weighted by Crippen LogP contribution is 2.37. The Morgan fingerprint density at radius 1 is 1.12 bits per heavy atom. The number of aliphatic hydroxyl groups is 1. The molecule has 5 rings (SSSR count). The lowest BCUT2D eigenvalue weighted by molar-refractivity contribution is -0.122. The molecule has 0 aliphatic carbocycles. The molecule has 10 nitrogen and oxygen atoms in total. The molecule has 0 unspecified atom stereocenters. The largest absolute Gasteiger partial charge is 0.475 e. The topological polar surface area (TPSA) is 99.6 Å². The van der Waals surface area contributed by atoms with Crippen LogP contribution in [0.1, 0.15) is 38.8 Å². The molecule has 5 atom stereocenters. The molecule has 2 N–H and O–H groups in total. The zero-order valence-corrected chi connectivity index (χ0v) is 25.1. The summed E-state index contributed by atoms with van der Waals surface area (Å²) < 4.78 is 31.0. The summed E-state index contributed by atoms with van der Waals surface area (Å²) in [5, 5.41) is 13.0. The number of ether oxygens (including phenoxy) is 3. The molecule has 1 aromatic heterocycles. The second kappa shape index (κ2) is 13.6. The van der Waals surface area contributed by atoms with Crippen LogP contribution in [0.3, 0.4) is 0 Å². The van der Waals surface area contributed by atoms with Crippen molar-refractivity contribution in [1.82, 2.24) is 20.1 Å². The Labute approximate surface area is 247 Å². The number of carbonyl (C=O) groups is 1. The summed E-state index contributed by atoms with van der Waals surface area (Å²) in [7, 11) is 0. The van der Waals surface area contributed by atoms with Crippen LogP contribution in [0, 0.1) is 5.82 Å².